The van der Waals surface area contributed by atoms with Crippen molar-refractivity contribution in [2.75, 3.05) is 0 Å². The van der Waals surface area contributed by atoms with Crippen LogP contribution in [0.3, 0.4) is 0 Å². The topological polar surface area (TPSA) is 24.7 Å². The standard InChI is InChI=1S/C76H128N2/c1-4-7-10-12-14-16-18-20-22-24-26-28-30-32-34-36-38-40-42-44-46-48-50-52-54-56-58-60-72-63-67-74(68-64-72)77-71-76(62-9-6-3)78-75-69-65-73(66-70-75)61-59-57-55-53-51-49-47-45-43-41-39-37-35-33-31-29-27-25-23-21-19-17-15-13-11-8-5-2/h63-71H,4-57,62H2,1-3H3. The Labute approximate surface area is 488 Å². The Balaban J connectivity index is 1.43. The number of rotatable bonds is 56. The van der Waals surface area contributed by atoms with Gasteiger partial charge in [0.2, 0.25) is 0 Å². The molecule has 0 spiro atoms. The summed E-state index contributed by atoms with van der Waals surface area (Å²) in [5, 5.41) is 0. The average molecular weight is 1070 g/mol. The van der Waals surface area contributed by atoms with E-state index in [1.165, 1.54) is 321 Å². The third-order valence-electron chi connectivity index (χ3n) is 16.4. The summed E-state index contributed by atoms with van der Waals surface area (Å²) in [7, 11) is 0. The van der Waals surface area contributed by atoms with Crippen LogP contribution in [-0.4, -0.2) is 11.9 Å². The Kier molecular flexibility index (Phi) is 53.3. The van der Waals surface area contributed by atoms with Crippen molar-refractivity contribution in [3.63, 3.8) is 0 Å². The zero-order valence-electron chi connectivity index (χ0n) is 52.5. The summed E-state index contributed by atoms with van der Waals surface area (Å²) in [5.74, 6) is 13.6. The molecule has 0 aliphatic carbocycles. The fourth-order valence-electron chi connectivity index (χ4n) is 11.1. The second-order valence-electron chi connectivity index (χ2n) is 24.1. The Morgan fingerprint density at radius 1 is 0.282 bits per heavy atom. The Hall–Kier alpha value is -3.10. The van der Waals surface area contributed by atoms with E-state index < -0.39 is 0 Å². The van der Waals surface area contributed by atoms with Gasteiger partial charge in [0.05, 0.1) is 17.1 Å². The molecule has 442 valence electrons. The lowest BCUT2D eigenvalue weighted by molar-refractivity contribution is 0.516. The van der Waals surface area contributed by atoms with Gasteiger partial charge in [-0.2, -0.15) is 0 Å². The zero-order valence-corrected chi connectivity index (χ0v) is 52.5. The number of nitrogens with zero attached hydrogens (tertiary/aromatic N) is 2. The van der Waals surface area contributed by atoms with E-state index in [9.17, 15) is 0 Å². The van der Waals surface area contributed by atoms with Crippen LogP contribution in [0.1, 0.15) is 385 Å². The van der Waals surface area contributed by atoms with Crippen molar-refractivity contribution >= 4 is 23.3 Å². The average Bonchev–Trinajstić information content (AvgIpc) is 3.46. The normalized spacial score (nSPS) is 11.6. The number of unbranched alkanes of at least 4 members (excludes halogenated alkanes) is 51. The predicted octanol–water partition coefficient (Wildman–Crippen LogP) is 26.4. The first kappa shape index (κ1) is 71.0. The smallest absolute Gasteiger partial charge is 0.0634 e. The second kappa shape index (κ2) is 58.6. The van der Waals surface area contributed by atoms with Crippen LogP contribution in [-0.2, 0) is 0 Å². The first-order chi connectivity index (χ1) is 38.7. The molecule has 0 saturated carbocycles. The Bertz CT molecular complexity index is 1730. The van der Waals surface area contributed by atoms with Crippen molar-refractivity contribution in [3.05, 3.63) is 59.7 Å². The molecule has 2 aromatic rings. The summed E-state index contributed by atoms with van der Waals surface area (Å²) in [5.41, 5.74) is 5.08. The maximum Gasteiger partial charge on any atom is 0.0634 e. The molecule has 0 bridgehead atoms. The maximum atomic E-state index is 4.99. The van der Waals surface area contributed by atoms with Crippen LogP contribution in [0.2, 0.25) is 0 Å². The van der Waals surface area contributed by atoms with Gasteiger partial charge in [-0.05, 0) is 74.2 Å². The minimum atomic E-state index is 0.921. The van der Waals surface area contributed by atoms with Gasteiger partial charge in [0, 0.05) is 30.2 Å². The molecule has 0 saturated heterocycles. The Morgan fingerprint density at radius 3 is 0.769 bits per heavy atom. The summed E-state index contributed by atoms with van der Waals surface area (Å²) in [6.45, 7) is 6.85. The molecule has 2 heteroatoms. The number of aliphatic imine (C=N–C) groups is 2. The molecule has 78 heavy (non-hydrogen) atoms. The quantitative estimate of drug-likeness (QED) is 0.0358. The molecule has 0 heterocycles. The second-order valence-corrected chi connectivity index (χ2v) is 24.1. The first-order valence-electron chi connectivity index (χ1n) is 35.0. The number of hydrogen-bond donors (Lipinski definition) is 0. The van der Waals surface area contributed by atoms with Crippen LogP contribution in [0.4, 0.5) is 11.4 Å². The largest absolute Gasteiger partial charge is 0.255 e. The van der Waals surface area contributed by atoms with Crippen molar-refractivity contribution < 1.29 is 0 Å². The van der Waals surface area contributed by atoms with Crippen LogP contribution in [0.15, 0.2) is 58.5 Å². The molecular weight excluding hydrogens is 941 g/mol. The van der Waals surface area contributed by atoms with Gasteiger partial charge in [0.25, 0.3) is 0 Å². The Morgan fingerprint density at radius 2 is 0.513 bits per heavy atom. The van der Waals surface area contributed by atoms with Crippen molar-refractivity contribution in [2.45, 2.75) is 374 Å². The molecular formula is C76H128N2. The molecule has 0 unspecified atom stereocenters. The van der Waals surface area contributed by atoms with Gasteiger partial charge < -0.3 is 0 Å². The zero-order chi connectivity index (χ0) is 55.4. The summed E-state index contributed by atoms with van der Waals surface area (Å²) >= 11 is 0. The van der Waals surface area contributed by atoms with Gasteiger partial charge in [0.15, 0.2) is 0 Å². The predicted molar refractivity (Wildman–Crippen MR) is 353 cm³/mol. The van der Waals surface area contributed by atoms with E-state index in [1.807, 2.05) is 6.21 Å². The fraction of sp³-hybridized carbons (Fsp3) is 0.763. The van der Waals surface area contributed by atoms with Gasteiger partial charge in [-0.1, -0.05) is 359 Å². The van der Waals surface area contributed by atoms with Gasteiger partial charge in [0.1, 0.15) is 0 Å². The summed E-state index contributed by atoms with van der Waals surface area (Å²) < 4.78 is 0. The van der Waals surface area contributed by atoms with E-state index in [-0.39, 0.29) is 0 Å². The minimum absolute atomic E-state index is 0.921. The van der Waals surface area contributed by atoms with E-state index in [0.717, 1.165) is 60.3 Å². The van der Waals surface area contributed by atoms with Crippen molar-refractivity contribution in [3.8, 4) is 23.7 Å². The van der Waals surface area contributed by atoms with Crippen LogP contribution in [0, 0.1) is 23.7 Å². The van der Waals surface area contributed by atoms with Gasteiger partial charge in [-0.15, -0.1) is 0 Å². The summed E-state index contributed by atoms with van der Waals surface area (Å²) in [6, 6.07) is 16.8. The molecule has 2 nitrogen and oxygen atoms in total. The maximum absolute atomic E-state index is 4.99. The van der Waals surface area contributed by atoms with Gasteiger partial charge >= 0.3 is 0 Å². The van der Waals surface area contributed by atoms with Crippen molar-refractivity contribution in [1.29, 1.82) is 0 Å². The van der Waals surface area contributed by atoms with Crippen LogP contribution in [0.25, 0.3) is 0 Å². The van der Waals surface area contributed by atoms with E-state index in [0.29, 0.717) is 0 Å². The third kappa shape index (κ3) is 48.8. The highest BCUT2D eigenvalue weighted by Crippen LogP contribution is 2.20. The van der Waals surface area contributed by atoms with E-state index >= 15 is 0 Å². The molecule has 0 N–H and O–H groups in total. The highest BCUT2D eigenvalue weighted by Gasteiger charge is 2.02. The lowest BCUT2D eigenvalue weighted by Crippen LogP contribution is -1.99. The SMILES string of the molecule is CCCCCCCCCCCCCCCCCCCCCCCCCCCC#Cc1ccc(N=CC(CCCC)=Nc2ccc(C#CCCCCCCCCCCCCCCCCCCCCCCCCCCC)cc2)cc1. The first-order valence-corrected chi connectivity index (χ1v) is 35.0. The highest BCUT2D eigenvalue weighted by atomic mass is 14.8. The lowest BCUT2D eigenvalue weighted by atomic mass is 10.0. The van der Waals surface area contributed by atoms with E-state index in [2.05, 4.69) is 93.0 Å². The minimum Gasteiger partial charge on any atom is -0.255 e. The van der Waals surface area contributed by atoms with Crippen molar-refractivity contribution in [1.82, 2.24) is 0 Å². The number of hydrogen-bond acceptors (Lipinski definition) is 2. The van der Waals surface area contributed by atoms with Gasteiger partial charge in [-0.25, -0.2) is 0 Å². The van der Waals surface area contributed by atoms with Crippen LogP contribution >= 0.6 is 0 Å². The molecule has 2 aromatic carbocycles. The molecule has 0 radical (unpaired) electrons. The summed E-state index contributed by atoms with van der Waals surface area (Å²) in [4.78, 5) is 9.80. The molecule has 0 aliphatic heterocycles. The molecule has 0 fully saturated rings. The van der Waals surface area contributed by atoms with Gasteiger partial charge in [-0.3, -0.25) is 9.98 Å². The van der Waals surface area contributed by atoms with Crippen LogP contribution < -0.4 is 0 Å². The molecule has 0 aliphatic rings. The fourth-order valence-corrected chi connectivity index (χ4v) is 11.1. The lowest BCUT2D eigenvalue weighted by Gasteiger charge is -2.04. The molecule has 0 atom stereocenters. The van der Waals surface area contributed by atoms with Crippen molar-refractivity contribution in [2.24, 2.45) is 9.98 Å². The monoisotopic (exact) mass is 1070 g/mol. The van der Waals surface area contributed by atoms with E-state index in [4.69, 9.17) is 9.98 Å². The third-order valence-corrected chi connectivity index (χ3v) is 16.4. The molecule has 0 aromatic heterocycles. The van der Waals surface area contributed by atoms with E-state index in [1.54, 1.807) is 0 Å². The highest BCUT2D eigenvalue weighted by molar-refractivity contribution is 6.31. The number of benzene rings is 2. The molecule has 0 amide bonds. The summed E-state index contributed by atoms with van der Waals surface area (Å²) in [6.07, 6.45) is 78.7. The molecule has 2 rings (SSSR count). The van der Waals surface area contributed by atoms with Crippen LogP contribution in [0.5, 0.6) is 0 Å².